The highest BCUT2D eigenvalue weighted by Crippen LogP contribution is 2.29. The molecule has 3 saturated heterocycles. The SMILES string of the molecule is CC1CN(CC2CCCN2C(=O)C2CC(=O)N(c3ccccc3)C2)CC(C)O1. The number of benzene rings is 1. The van der Waals surface area contributed by atoms with Crippen molar-refractivity contribution in [3.05, 3.63) is 30.3 Å². The molecule has 0 saturated carbocycles. The first-order valence-electron chi connectivity index (χ1n) is 10.5. The van der Waals surface area contributed by atoms with Crippen LogP contribution in [-0.2, 0) is 14.3 Å². The number of rotatable bonds is 4. The summed E-state index contributed by atoms with van der Waals surface area (Å²) in [5.74, 6) is -0.0180. The van der Waals surface area contributed by atoms with Crippen molar-refractivity contribution in [2.45, 2.75) is 51.4 Å². The standard InChI is InChI=1S/C22H31N3O3/c1-16-12-23(13-17(2)28-16)15-20-9-6-10-24(20)22(27)18-11-21(26)25(14-18)19-7-4-3-5-8-19/h3-5,7-8,16-18,20H,6,9-15H2,1-2H3. The molecule has 4 unspecified atom stereocenters. The molecule has 3 aliphatic rings. The third-order valence-corrected chi connectivity index (χ3v) is 6.17. The highest BCUT2D eigenvalue weighted by Gasteiger charge is 2.40. The minimum Gasteiger partial charge on any atom is -0.373 e. The summed E-state index contributed by atoms with van der Waals surface area (Å²) in [5, 5.41) is 0. The topological polar surface area (TPSA) is 53.1 Å². The summed E-state index contributed by atoms with van der Waals surface area (Å²) in [6, 6.07) is 9.92. The van der Waals surface area contributed by atoms with Crippen LogP contribution in [0.25, 0.3) is 0 Å². The number of para-hydroxylation sites is 1. The third kappa shape index (κ3) is 4.08. The largest absolute Gasteiger partial charge is 0.373 e. The average Bonchev–Trinajstić information content (AvgIpc) is 3.27. The Balaban J connectivity index is 1.39. The molecule has 0 bridgehead atoms. The van der Waals surface area contributed by atoms with E-state index in [0.717, 1.165) is 44.7 Å². The number of nitrogens with zero attached hydrogens (tertiary/aromatic N) is 3. The predicted molar refractivity (Wildman–Crippen MR) is 108 cm³/mol. The van der Waals surface area contributed by atoms with Crippen LogP contribution < -0.4 is 4.90 Å². The van der Waals surface area contributed by atoms with Gasteiger partial charge in [-0.15, -0.1) is 0 Å². The van der Waals surface area contributed by atoms with Gasteiger partial charge in [-0.25, -0.2) is 0 Å². The number of morpholine rings is 1. The van der Waals surface area contributed by atoms with Crippen LogP contribution in [0.5, 0.6) is 0 Å². The lowest BCUT2D eigenvalue weighted by Gasteiger charge is -2.38. The van der Waals surface area contributed by atoms with Crippen molar-refractivity contribution in [1.29, 1.82) is 0 Å². The van der Waals surface area contributed by atoms with Crippen molar-refractivity contribution in [3.8, 4) is 0 Å². The van der Waals surface area contributed by atoms with Crippen LogP contribution >= 0.6 is 0 Å². The first kappa shape index (κ1) is 19.4. The van der Waals surface area contributed by atoms with E-state index in [1.807, 2.05) is 30.3 Å². The van der Waals surface area contributed by atoms with E-state index in [9.17, 15) is 9.59 Å². The maximum atomic E-state index is 13.3. The van der Waals surface area contributed by atoms with Crippen LogP contribution in [0.1, 0.15) is 33.1 Å². The van der Waals surface area contributed by atoms with E-state index in [1.165, 1.54) is 0 Å². The van der Waals surface area contributed by atoms with Crippen molar-refractivity contribution in [2.75, 3.05) is 37.6 Å². The molecule has 3 heterocycles. The Morgan fingerprint density at radius 2 is 1.82 bits per heavy atom. The quantitative estimate of drug-likeness (QED) is 0.797. The number of likely N-dealkylation sites (tertiary alicyclic amines) is 1. The molecular formula is C22H31N3O3. The molecule has 0 spiro atoms. The van der Waals surface area contributed by atoms with Crippen molar-refractivity contribution in [2.24, 2.45) is 5.92 Å². The zero-order valence-electron chi connectivity index (χ0n) is 16.9. The van der Waals surface area contributed by atoms with E-state index in [1.54, 1.807) is 4.90 Å². The second-order valence-electron chi connectivity index (χ2n) is 8.54. The first-order chi connectivity index (χ1) is 13.5. The number of ether oxygens (including phenoxy) is 1. The fourth-order valence-corrected chi connectivity index (χ4v) is 5.01. The first-order valence-corrected chi connectivity index (χ1v) is 10.5. The van der Waals surface area contributed by atoms with Crippen LogP contribution in [0.4, 0.5) is 5.69 Å². The van der Waals surface area contributed by atoms with Gasteiger partial charge in [0.25, 0.3) is 0 Å². The number of hydrogen-bond acceptors (Lipinski definition) is 4. The Labute approximate surface area is 167 Å². The lowest BCUT2D eigenvalue weighted by Crippen LogP contribution is -2.51. The maximum Gasteiger partial charge on any atom is 0.228 e. The van der Waals surface area contributed by atoms with Gasteiger partial charge in [0.2, 0.25) is 11.8 Å². The number of carbonyl (C=O) groups excluding carboxylic acids is 2. The Hall–Kier alpha value is -1.92. The number of carbonyl (C=O) groups is 2. The molecule has 0 radical (unpaired) electrons. The van der Waals surface area contributed by atoms with Crippen molar-refractivity contribution < 1.29 is 14.3 Å². The van der Waals surface area contributed by atoms with E-state index in [2.05, 4.69) is 23.6 Å². The second-order valence-corrected chi connectivity index (χ2v) is 8.54. The van der Waals surface area contributed by atoms with Crippen LogP contribution in [0.15, 0.2) is 30.3 Å². The number of anilines is 1. The zero-order chi connectivity index (χ0) is 19.7. The van der Waals surface area contributed by atoms with Gasteiger partial charge in [-0.1, -0.05) is 18.2 Å². The van der Waals surface area contributed by atoms with Crippen LogP contribution in [0, 0.1) is 5.92 Å². The highest BCUT2D eigenvalue weighted by molar-refractivity contribution is 6.00. The molecule has 1 aromatic rings. The summed E-state index contributed by atoms with van der Waals surface area (Å²) in [6.07, 6.45) is 2.90. The number of amides is 2. The van der Waals surface area contributed by atoms with Gasteiger partial charge in [0.15, 0.2) is 0 Å². The van der Waals surface area contributed by atoms with E-state index in [-0.39, 0.29) is 36.0 Å². The van der Waals surface area contributed by atoms with E-state index in [0.29, 0.717) is 13.0 Å². The second kappa shape index (κ2) is 8.21. The molecule has 6 heteroatoms. The molecule has 0 N–H and O–H groups in total. The molecule has 4 atom stereocenters. The molecule has 0 aliphatic carbocycles. The van der Waals surface area contributed by atoms with Gasteiger partial charge in [0.1, 0.15) is 0 Å². The molecule has 152 valence electrons. The van der Waals surface area contributed by atoms with Crippen LogP contribution in [0.3, 0.4) is 0 Å². The summed E-state index contributed by atoms with van der Waals surface area (Å²) >= 11 is 0. The summed E-state index contributed by atoms with van der Waals surface area (Å²) in [7, 11) is 0. The van der Waals surface area contributed by atoms with Crippen LogP contribution in [-0.4, -0.2) is 72.6 Å². The molecule has 6 nitrogen and oxygen atoms in total. The van der Waals surface area contributed by atoms with Gasteiger partial charge < -0.3 is 14.5 Å². The van der Waals surface area contributed by atoms with Gasteiger partial charge in [0.05, 0.1) is 18.1 Å². The fraction of sp³-hybridized carbons (Fsp3) is 0.636. The van der Waals surface area contributed by atoms with Gasteiger partial charge >= 0.3 is 0 Å². The van der Waals surface area contributed by atoms with Gasteiger partial charge in [-0.05, 0) is 38.8 Å². The summed E-state index contributed by atoms with van der Waals surface area (Å²) < 4.78 is 5.84. The third-order valence-electron chi connectivity index (χ3n) is 6.17. The van der Waals surface area contributed by atoms with Crippen LogP contribution in [0.2, 0.25) is 0 Å². The Morgan fingerprint density at radius 3 is 2.54 bits per heavy atom. The molecule has 4 rings (SSSR count). The van der Waals surface area contributed by atoms with Gasteiger partial charge in [-0.2, -0.15) is 0 Å². The van der Waals surface area contributed by atoms with Crippen molar-refractivity contribution in [3.63, 3.8) is 0 Å². The Kier molecular flexibility index (Phi) is 5.69. The average molecular weight is 386 g/mol. The lowest BCUT2D eigenvalue weighted by molar-refractivity contribution is -0.137. The summed E-state index contributed by atoms with van der Waals surface area (Å²) in [4.78, 5) is 32.0. The van der Waals surface area contributed by atoms with Crippen molar-refractivity contribution >= 4 is 17.5 Å². The highest BCUT2D eigenvalue weighted by atomic mass is 16.5. The van der Waals surface area contributed by atoms with E-state index < -0.39 is 0 Å². The summed E-state index contributed by atoms with van der Waals surface area (Å²) in [5.41, 5.74) is 0.886. The molecule has 3 fully saturated rings. The number of hydrogen-bond donors (Lipinski definition) is 0. The molecular weight excluding hydrogens is 354 g/mol. The van der Waals surface area contributed by atoms with E-state index >= 15 is 0 Å². The monoisotopic (exact) mass is 385 g/mol. The molecule has 1 aromatic carbocycles. The molecule has 3 aliphatic heterocycles. The van der Waals surface area contributed by atoms with Gasteiger partial charge in [0, 0.05) is 50.9 Å². The minimum atomic E-state index is -0.226. The fourth-order valence-electron chi connectivity index (χ4n) is 5.01. The molecule has 0 aromatic heterocycles. The molecule has 2 amide bonds. The molecule has 28 heavy (non-hydrogen) atoms. The Bertz CT molecular complexity index is 700. The zero-order valence-corrected chi connectivity index (χ0v) is 16.9. The predicted octanol–water partition coefficient (Wildman–Crippen LogP) is 2.14. The van der Waals surface area contributed by atoms with E-state index in [4.69, 9.17) is 4.74 Å². The normalized spacial score (nSPS) is 31.6. The van der Waals surface area contributed by atoms with Gasteiger partial charge in [-0.3, -0.25) is 14.5 Å². The van der Waals surface area contributed by atoms with Crippen molar-refractivity contribution in [1.82, 2.24) is 9.80 Å². The Morgan fingerprint density at radius 1 is 1.11 bits per heavy atom. The lowest BCUT2D eigenvalue weighted by atomic mass is 10.1. The maximum absolute atomic E-state index is 13.3. The summed E-state index contributed by atoms with van der Waals surface area (Å²) in [6.45, 7) is 8.29. The minimum absolute atomic E-state index is 0.0520. The smallest absolute Gasteiger partial charge is 0.228 e.